The fraction of sp³-hybridized carbons (Fsp3) is 0.286. The maximum atomic E-state index is 6.02. The lowest BCUT2D eigenvalue weighted by molar-refractivity contribution is 0.912. The standard InChI is InChI=1S/C14H16N4/c1-8-12(13(15)18-14(16)17-8)11-7-3-5-9-4-2-6-10(9)11/h3,5,7H,2,4,6H2,1H3,(H4,15,16,17,18). The van der Waals surface area contributed by atoms with Crippen molar-refractivity contribution in [1.82, 2.24) is 9.97 Å². The Morgan fingerprint density at radius 3 is 2.72 bits per heavy atom. The molecule has 0 aliphatic heterocycles. The van der Waals surface area contributed by atoms with Crippen LogP contribution in [0.3, 0.4) is 0 Å². The van der Waals surface area contributed by atoms with E-state index in [-0.39, 0.29) is 5.95 Å². The molecule has 1 aromatic heterocycles. The average molecular weight is 240 g/mol. The van der Waals surface area contributed by atoms with Crippen LogP contribution < -0.4 is 11.5 Å². The van der Waals surface area contributed by atoms with Gasteiger partial charge in [-0.05, 0) is 42.9 Å². The van der Waals surface area contributed by atoms with E-state index in [1.807, 2.05) is 6.92 Å². The fourth-order valence-electron chi connectivity index (χ4n) is 2.80. The van der Waals surface area contributed by atoms with Gasteiger partial charge in [0.1, 0.15) is 5.82 Å². The molecule has 92 valence electrons. The van der Waals surface area contributed by atoms with Crippen LogP contribution in [0.15, 0.2) is 18.2 Å². The van der Waals surface area contributed by atoms with Gasteiger partial charge in [-0.2, -0.15) is 4.98 Å². The van der Waals surface area contributed by atoms with Crippen molar-refractivity contribution in [3.8, 4) is 11.1 Å². The summed E-state index contributed by atoms with van der Waals surface area (Å²) in [5.41, 5.74) is 17.4. The molecule has 0 bridgehead atoms. The number of benzene rings is 1. The Balaban J connectivity index is 2.25. The van der Waals surface area contributed by atoms with Gasteiger partial charge in [0.15, 0.2) is 0 Å². The lowest BCUT2D eigenvalue weighted by Crippen LogP contribution is -2.05. The largest absolute Gasteiger partial charge is 0.383 e. The predicted octanol–water partition coefficient (Wildman–Crippen LogP) is 2.11. The Morgan fingerprint density at radius 1 is 1.11 bits per heavy atom. The smallest absolute Gasteiger partial charge is 0.222 e. The summed E-state index contributed by atoms with van der Waals surface area (Å²) >= 11 is 0. The third-order valence-electron chi connectivity index (χ3n) is 3.55. The summed E-state index contributed by atoms with van der Waals surface area (Å²) in [4.78, 5) is 8.30. The molecule has 0 amide bonds. The SMILES string of the molecule is Cc1nc(N)nc(N)c1-c1cccc2c1CCC2. The number of anilines is 2. The second-order valence-corrected chi connectivity index (χ2v) is 4.72. The van der Waals surface area contributed by atoms with E-state index in [1.165, 1.54) is 23.1 Å². The van der Waals surface area contributed by atoms with Crippen LogP contribution in [0.1, 0.15) is 23.2 Å². The molecule has 0 fully saturated rings. The monoisotopic (exact) mass is 240 g/mol. The fourth-order valence-corrected chi connectivity index (χ4v) is 2.80. The molecular weight excluding hydrogens is 224 g/mol. The summed E-state index contributed by atoms with van der Waals surface area (Å²) in [6.45, 7) is 1.93. The quantitative estimate of drug-likeness (QED) is 0.800. The second-order valence-electron chi connectivity index (χ2n) is 4.72. The molecule has 0 atom stereocenters. The molecule has 1 aliphatic rings. The Morgan fingerprint density at radius 2 is 1.94 bits per heavy atom. The summed E-state index contributed by atoms with van der Waals surface area (Å²) in [6.07, 6.45) is 3.47. The normalized spacial score (nSPS) is 13.6. The van der Waals surface area contributed by atoms with Crippen LogP contribution in [-0.4, -0.2) is 9.97 Å². The first-order valence-electron chi connectivity index (χ1n) is 6.17. The maximum absolute atomic E-state index is 6.02. The molecule has 18 heavy (non-hydrogen) atoms. The Labute approximate surface area is 106 Å². The predicted molar refractivity (Wildman–Crippen MR) is 73.1 cm³/mol. The number of hydrogen-bond donors (Lipinski definition) is 2. The molecule has 3 rings (SSSR count). The Kier molecular flexibility index (Phi) is 2.44. The van der Waals surface area contributed by atoms with Gasteiger partial charge in [0.05, 0.1) is 5.69 Å². The minimum absolute atomic E-state index is 0.237. The molecule has 0 unspecified atom stereocenters. The molecule has 1 aliphatic carbocycles. The molecule has 0 saturated heterocycles. The third kappa shape index (κ3) is 1.61. The van der Waals surface area contributed by atoms with E-state index >= 15 is 0 Å². The highest BCUT2D eigenvalue weighted by Gasteiger charge is 2.19. The van der Waals surface area contributed by atoms with Crippen LogP contribution in [-0.2, 0) is 12.8 Å². The summed E-state index contributed by atoms with van der Waals surface area (Å²) in [6, 6.07) is 6.37. The molecule has 0 saturated carbocycles. The van der Waals surface area contributed by atoms with E-state index in [9.17, 15) is 0 Å². The van der Waals surface area contributed by atoms with Gasteiger partial charge >= 0.3 is 0 Å². The van der Waals surface area contributed by atoms with Crippen LogP contribution in [0, 0.1) is 6.92 Å². The first kappa shape index (κ1) is 11.0. The van der Waals surface area contributed by atoms with E-state index in [1.54, 1.807) is 0 Å². The van der Waals surface area contributed by atoms with Crippen LogP contribution in [0.25, 0.3) is 11.1 Å². The number of hydrogen-bond acceptors (Lipinski definition) is 4. The minimum atomic E-state index is 0.237. The molecule has 0 spiro atoms. The third-order valence-corrected chi connectivity index (χ3v) is 3.55. The van der Waals surface area contributed by atoms with Gasteiger partial charge in [-0.25, -0.2) is 4.98 Å². The zero-order chi connectivity index (χ0) is 12.7. The van der Waals surface area contributed by atoms with Crippen molar-refractivity contribution < 1.29 is 0 Å². The molecule has 2 aromatic rings. The first-order chi connectivity index (χ1) is 8.66. The van der Waals surface area contributed by atoms with E-state index in [4.69, 9.17) is 11.5 Å². The lowest BCUT2D eigenvalue weighted by Gasteiger charge is -2.13. The average Bonchev–Trinajstić information content (AvgIpc) is 2.76. The van der Waals surface area contributed by atoms with Crippen molar-refractivity contribution >= 4 is 11.8 Å². The van der Waals surface area contributed by atoms with Crippen molar-refractivity contribution in [1.29, 1.82) is 0 Å². The highest BCUT2D eigenvalue weighted by atomic mass is 15.0. The van der Waals surface area contributed by atoms with Gasteiger partial charge in [-0.3, -0.25) is 0 Å². The number of aromatic nitrogens is 2. The van der Waals surface area contributed by atoms with E-state index < -0.39 is 0 Å². The topological polar surface area (TPSA) is 77.8 Å². The van der Waals surface area contributed by atoms with Gasteiger partial charge in [0.2, 0.25) is 5.95 Å². The van der Waals surface area contributed by atoms with E-state index in [0.29, 0.717) is 5.82 Å². The van der Waals surface area contributed by atoms with Gasteiger partial charge in [0, 0.05) is 5.56 Å². The zero-order valence-corrected chi connectivity index (χ0v) is 10.4. The summed E-state index contributed by atoms with van der Waals surface area (Å²) < 4.78 is 0. The number of nitrogens with two attached hydrogens (primary N) is 2. The van der Waals surface area contributed by atoms with Gasteiger partial charge in [0.25, 0.3) is 0 Å². The molecule has 4 nitrogen and oxygen atoms in total. The number of nitrogen functional groups attached to an aromatic ring is 2. The summed E-state index contributed by atoms with van der Waals surface area (Å²) in [7, 11) is 0. The zero-order valence-electron chi connectivity index (χ0n) is 10.4. The van der Waals surface area contributed by atoms with Crippen molar-refractivity contribution in [2.24, 2.45) is 0 Å². The molecule has 0 radical (unpaired) electrons. The molecule has 1 heterocycles. The Bertz CT molecular complexity index is 596. The van der Waals surface area contributed by atoms with Crippen molar-refractivity contribution in [3.05, 3.63) is 35.0 Å². The molecule has 4 N–H and O–H groups in total. The van der Waals surface area contributed by atoms with E-state index in [2.05, 4.69) is 28.2 Å². The highest BCUT2D eigenvalue weighted by molar-refractivity contribution is 5.80. The number of rotatable bonds is 1. The second kappa shape index (κ2) is 3.98. The number of aryl methyl sites for hydroxylation is 2. The van der Waals surface area contributed by atoms with Gasteiger partial charge in [-0.15, -0.1) is 0 Å². The first-order valence-corrected chi connectivity index (χ1v) is 6.17. The lowest BCUT2D eigenvalue weighted by atomic mass is 9.96. The van der Waals surface area contributed by atoms with Crippen molar-refractivity contribution in [2.75, 3.05) is 11.5 Å². The van der Waals surface area contributed by atoms with Gasteiger partial charge in [-0.1, -0.05) is 18.2 Å². The van der Waals surface area contributed by atoms with Crippen LogP contribution in [0.5, 0.6) is 0 Å². The molecular formula is C14H16N4. The highest BCUT2D eigenvalue weighted by Crippen LogP contribution is 2.35. The van der Waals surface area contributed by atoms with Crippen LogP contribution in [0.2, 0.25) is 0 Å². The Hall–Kier alpha value is -2.10. The maximum Gasteiger partial charge on any atom is 0.222 e. The van der Waals surface area contributed by atoms with Crippen LogP contribution >= 0.6 is 0 Å². The van der Waals surface area contributed by atoms with Gasteiger partial charge < -0.3 is 11.5 Å². The molecule has 1 aromatic carbocycles. The summed E-state index contributed by atoms with van der Waals surface area (Å²) in [5.74, 6) is 0.710. The van der Waals surface area contributed by atoms with Crippen molar-refractivity contribution in [3.63, 3.8) is 0 Å². The van der Waals surface area contributed by atoms with Crippen LogP contribution in [0.4, 0.5) is 11.8 Å². The minimum Gasteiger partial charge on any atom is -0.383 e. The number of fused-ring (bicyclic) bond motifs is 1. The number of nitrogens with zero attached hydrogens (tertiary/aromatic N) is 2. The van der Waals surface area contributed by atoms with Crippen molar-refractivity contribution in [2.45, 2.75) is 26.2 Å². The van der Waals surface area contributed by atoms with E-state index in [0.717, 1.165) is 24.1 Å². The summed E-state index contributed by atoms with van der Waals surface area (Å²) in [5, 5.41) is 0. The molecule has 4 heteroatoms.